The van der Waals surface area contributed by atoms with Crippen LogP contribution in [0.5, 0.6) is 11.5 Å². The van der Waals surface area contributed by atoms with E-state index in [9.17, 15) is 4.79 Å². The lowest BCUT2D eigenvalue weighted by Crippen LogP contribution is -2.39. The maximum Gasteiger partial charge on any atom is 0.224 e. The van der Waals surface area contributed by atoms with Crippen molar-refractivity contribution in [2.75, 3.05) is 12.4 Å². The number of piperidine rings is 1. The van der Waals surface area contributed by atoms with E-state index in [4.69, 9.17) is 9.47 Å². The van der Waals surface area contributed by atoms with Crippen LogP contribution in [-0.4, -0.2) is 30.1 Å². The third-order valence-electron chi connectivity index (χ3n) is 5.64. The topological polar surface area (TPSA) is 72.5 Å². The quantitative estimate of drug-likeness (QED) is 0.768. The number of carbonyl (C=O) groups excluding carboxylic acids is 1. The van der Waals surface area contributed by atoms with Crippen molar-refractivity contribution in [3.8, 4) is 11.5 Å². The first kappa shape index (κ1) is 18.7. The van der Waals surface area contributed by atoms with Crippen molar-refractivity contribution in [3.05, 3.63) is 48.3 Å². The van der Waals surface area contributed by atoms with Gasteiger partial charge in [-0.3, -0.25) is 9.78 Å². The number of amides is 1. The maximum absolute atomic E-state index is 12.5. The summed E-state index contributed by atoms with van der Waals surface area (Å²) in [5.74, 6) is 1.79. The molecule has 1 aromatic carbocycles. The molecule has 0 aliphatic carbocycles. The number of methoxy groups -OCH3 is 1. The van der Waals surface area contributed by atoms with Gasteiger partial charge in [0, 0.05) is 42.7 Å². The summed E-state index contributed by atoms with van der Waals surface area (Å²) in [6.45, 7) is 0.411. The van der Waals surface area contributed by atoms with Gasteiger partial charge in [-0.25, -0.2) is 0 Å². The molecule has 3 heterocycles. The van der Waals surface area contributed by atoms with Crippen molar-refractivity contribution in [2.24, 2.45) is 5.92 Å². The molecule has 0 spiro atoms. The Labute approximate surface area is 165 Å². The number of hydrogen-bond acceptors (Lipinski definition) is 5. The Morgan fingerprint density at radius 1 is 1.14 bits per heavy atom. The second-order valence-electron chi connectivity index (χ2n) is 7.74. The van der Waals surface area contributed by atoms with Gasteiger partial charge in [0.2, 0.25) is 5.91 Å². The summed E-state index contributed by atoms with van der Waals surface area (Å²) in [6.07, 6.45) is 8.76. The van der Waals surface area contributed by atoms with Crippen LogP contribution < -0.4 is 20.1 Å². The number of anilines is 1. The molecule has 0 saturated carbocycles. The molecule has 4 rings (SSSR count). The molecular formula is C22H27N3O3. The fourth-order valence-corrected chi connectivity index (χ4v) is 4.32. The van der Waals surface area contributed by atoms with E-state index in [2.05, 4.69) is 15.6 Å². The maximum atomic E-state index is 12.5. The summed E-state index contributed by atoms with van der Waals surface area (Å²) in [6, 6.07) is 10.5. The SMILES string of the molecule is COc1ccc(NC(=O)CC2CC3CCC(C2)N3)cc1OCc1ccncc1. The smallest absolute Gasteiger partial charge is 0.224 e. The van der Waals surface area contributed by atoms with Gasteiger partial charge in [0.15, 0.2) is 11.5 Å². The molecule has 2 unspecified atom stereocenters. The minimum atomic E-state index is 0.0663. The average Bonchev–Trinajstić information content (AvgIpc) is 3.05. The van der Waals surface area contributed by atoms with E-state index < -0.39 is 0 Å². The fraction of sp³-hybridized carbons (Fsp3) is 0.455. The van der Waals surface area contributed by atoms with Gasteiger partial charge in [-0.15, -0.1) is 0 Å². The molecule has 2 saturated heterocycles. The predicted molar refractivity (Wildman–Crippen MR) is 107 cm³/mol. The Balaban J connectivity index is 1.36. The molecule has 28 heavy (non-hydrogen) atoms. The highest BCUT2D eigenvalue weighted by atomic mass is 16.5. The molecule has 2 bridgehead atoms. The van der Waals surface area contributed by atoms with Gasteiger partial charge in [-0.05, 0) is 61.4 Å². The Kier molecular flexibility index (Phi) is 5.76. The predicted octanol–water partition coefficient (Wildman–Crippen LogP) is 3.53. The number of hydrogen-bond donors (Lipinski definition) is 2. The third kappa shape index (κ3) is 4.62. The summed E-state index contributed by atoms with van der Waals surface area (Å²) in [5, 5.41) is 6.65. The second kappa shape index (κ2) is 8.61. The van der Waals surface area contributed by atoms with E-state index in [0.29, 0.717) is 42.5 Å². The van der Waals surface area contributed by atoms with Crippen molar-refractivity contribution in [1.82, 2.24) is 10.3 Å². The van der Waals surface area contributed by atoms with Crippen molar-refractivity contribution in [1.29, 1.82) is 0 Å². The van der Waals surface area contributed by atoms with E-state index in [-0.39, 0.29) is 5.91 Å². The highest BCUT2D eigenvalue weighted by molar-refractivity contribution is 5.91. The summed E-state index contributed by atoms with van der Waals surface area (Å²) >= 11 is 0. The molecule has 2 fully saturated rings. The number of aromatic nitrogens is 1. The van der Waals surface area contributed by atoms with Crippen LogP contribution in [0.15, 0.2) is 42.7 Å². The number of fused-ring (bicyclic) bond motifs is 2. The molecule has 2 aliphatic heterocycles. The van der Waals surface area contributed by atoms with E-state index in [1.165, 1.54) is 12.8 Å². The number of benzene rings is 1. The van der Waals surface area contributed by atoms with Crippen molar-refractivity contribution < 1.29 is 14.3 Å². The molecule has 6 heteroatoms. The summed E-state index contributed by atoms with van der Waals surface area (Å²) in [5.41, 5.74) is 1.75. The molecule has 2 aromatic rings. The van der Waals surface area contributed by atoms with Crippen LogP contribution in [0.3, 0.4) is 0 Å². The highest BCUT2D eigenvalue weighted by Crippen LogP contribution is 2.34. The average molecular weight is 381 g/mol. The normalized spacial score (nSPS) is 23.2. The minimum absolute atomic E-state index is 0.0663. The molecule has 1 amide bonds. The zero-order valence-corrected chi connectivity index (χ0v) is 16.2. The number of rotatable bonds is 7. The van der Waals surface area contributed by atoms with Crippen molar-refractivity contribution >= 4 is 11.6 Å². The molecule has 2 atom stereocenters. The van der Waals surface area contributed by atoms with Crippen LogP contribution in [-0.2, 0) is 11.4 Å². The Morgan fingerprint density at radius 2 is 1.89 bits per heavy atom. The van der Waals surface area contributed by atoms with Crippen molar-refractivity contribution in [3.63, 3.8) is 0 Å². The molecule has 2 aliphatic rings. The first-order valence-electron chi connectivity index (χ1n) is 9.95. The number of ether oxygens (including phenoxy) is 2. The monoisotopic (exact) mass is 381 g/mol. The van der Waals surface area contributed by atoms with Gasteiger partial charge in [0.1, 0.15) is 6.61 Å². The summed E-state index contributed by atoms with van der Waals surface area (Å²) in [7, 11) is 1.61. The molecule has 1 aromatic heterocycles. The highest BCUT2D eigenvalue weighted by Gasteiger charge is 2.34. The number of pyridine rings is 1. The van der Waals surface area contributed by atoms with Gasteiger partial charge in [0.25, 0.3) is 0 Å². The largest absolute Gasteiger partial charge is 0.493 e. The van der Waals surface area contributed by atoms with Gasteiger partial charge >= 0.3 is 0 Å². The Morgan fingerprint density at radius 3 is 2.61 bits per heavy atom. The number of nitrogens with zero attached hydrogens (tertiary/aromatic N) is 1. The lowest BCUT2D eigenvalue weighted by atomic mass is 9.89. The zero-order valence-electron chi connectivity index (χ0n) is 16.2. The van der Waals surface area contributed by atoms with Crippen LogP contribution in [0, 0.1) is 5.92 Å². The lowest BCUT2D eigenvalue weighted by Gasteiger charge is -2.28. The second-order valence-corrected chi connectivity index (χ2v) is 7.74. The number of nitrogens with one attached hydrogen (secondary N) is 2. The number of carbonyl (C=O) groups is 1. The molecule has 0 radical (unpaired) electrons. The van der Waals surface area contributed by atoms with Crippen LogP contribution in [0.2, 0.25) is 0 Å². The van der Waals surface area contributed by atoms with E-state index in [1.54, 1.807) is 19.5 Å². The Hall–Kier alpha value is -2.60. The van der Waals surface area contributed by atoms with Crippen LogP contribution in [0.1, 0.15) is 37.7 Å². The lowest BCUT2D eigenvalue weighted by molar-refractivity contribution is -0.117. The Bertz CT molecular complexity index is 800. The fourth-order valence-electron chi connectivity index (χ4n) is 4.32. The van der Waals surface area contributed by atoms with E-state index >= 15 is 0 Å². The molecular weight excluding hydrogens is 354 g/mol. The van der Waals surface area contributed by atoms with E-state index in [1.807, 2.05) is 30.3 Å². The van der Waals surface area contributed by atoms with Crippen LogP contribution in [0.4, 0.5) is 5.69 Å². The van der Waals surface area contributed by atoms with Gasteiger partial charge in [-0.1, -0.05) is 0 Å². The van der Waals surface area contributed by atoms with Gasteiger partial charge < -0.3 is 20.1 Å². The minimum Gasteiger partial charge on any atom is -0.493 e. The zero-order chi connectivity index (χ0) is 19.3. The van der Waals surface area contributed by atoms with Gasteiger partial charge in [-0.2, -0.15) is 0 Å². The van der Waals surface area contributed by atoms with Crippen molar-refractivity contribution in [2.45, 2.75) is 50.8 Å². The standard InChI is InChI=1S/C22H27N3O3/c1-27-20-5-4-19(13-21(20)28-14-15-6-8-23-9-7-15)25-22(26)12-16-10-17-2-3-18(11-16)24-17/h4-9,13,16-18,24H,2-3,10-12,14H2,1H3,(H,25,26). The summed E-state index contributed by atoms with van der Waals surface area (Å²) in [4.78, 5) is 16.6. The molecule has 2 N–H and O–H groups in total. The molecule has 6 nitrogen and oxygen atoms in total. The van der Waals surface area contributed by atoms with Gasteiger partial charge in [0.05, 0.1) is 7.11 Å². The van der Waals surface area contributed by atoms with Crippen LogP contribution in [0.25, 0.3) is 0 Å². The molecule has 148 valence electrons. The first-order valence-corrected chi connectivity index (χ1v) is 9.95. The third-order valence-corrected chi connectivity index (χ3v) is 5.64. The summed E-state index contributed by atoms with van der Waals surface area (Å²) < 4.78 is 11.3. The van der Waals surface area contributed by atoms with Crippen LogP contribution >= 0.6 is 0 Å². The van der Waals surface area contributed by atoms with E-state index in [0.717, 1.165) is 24.1 Å². The first-order chi connectivity index (χ1) is 13.7.